The lowest BCUT2D eigenvalue weighted by Gasteiger charge is -2.33. The second-order valence-electron chi connectivity index (χ2n) is 9.97. The Morgan fingerprint density at radius 2 is 2.10 bits per heavy atom. The number of carbonyl (C=O) groups excluding carboxylic acids is 2. The van der Waals surface area contributed by atoms with Crippen molar-refractivity contribution in [1.29, 1.82) is 5.26 Å². The molecule has 0 spiro atoms. The number of rotatable bonds is 7. The number of ether oxygens (including phenoxy) is 1. The molecule has 2 N–H and O–H groups in total. The number of fused-ring (bicyclic) bond motifs is 1. The lowest BCUT2D eigenvalue weighted by atomic mass is 10.0. The van der Waals surface area contributed by atoms with Crippen molar-refractivity contribution in [3.63, 3.8) is 0 Å². The molecule has 0 aromatic carbocycles. The summed E-state index contributed by atoms with van der Waals surface area (Å²) in [5.74, 6) is 1.34. The van der Waals surface area contributed by atoms with Crippen molar-refractivity contribution in [3.8, 4) is 11.9 Å². The number of nitrogens with one attached hydrogen (secondary N) is 2. The molecule has 2 aliphatic heterocycles. The van der Waals surface area contributed by atoms with Gasteiger partial charge in [-0.2, -0.15) is 10.2 Å². The van der Waals surface area contributed by atoms with E-state index in [2.05, 4.69) is 27.8 Å². The van der Waals surface area contributed by atoms with Crippen molar-refractivity contribution in [2.24, 2.45) is 0 Å². The second-order valence-corrected chi connectivity index (χ2v) is 11.3. The van der Waals surface area contributed by atoms with Crippen molar-refractivity contribution in [2.45, 2.75) is 32.9 Å². The third-order valence-electron chi connectivity index (χ3n) is 7.02. The Labute approximate surface area is 237 Å². The molecule has 0 radical (unpaired) electrons. The molecule has 0 atom stereocenters. The summed E-state index contributed by atoms with van der Waals surface area (Å²) in [6.07, 6.45) is 3.00. The summed E-state index contributed by atoms with van der Waals surface area (Å²) in [7, 11) is 3.48. The SMILES string of the molecule is COc1nc2c(cc1CN1CCN(C)CC1=O)CCCN2C(=O)Nc1cc(NCc2ccc(C)s2)c(C#N)cn1. The molecule has 3 amide bonds. The molecule has 5 heterocycles. The minimum atomic E-state index is -0.366. The maximum atomic E-state index is 13.4. The van der Waals surface area contributed by atoms with Crippen LogP contribution in [0.15, 0.2) is 30.5 Å². The van der Waals surface area contributed by atoms with E-state index < -0.39 is 0 Å². The Morgan fingerprint density at radius 1 is 1.25 bits per heavy atom. The van der Waals surface area contributed by atoms with Gasteiger partial charge in [0.15, 0.2) is 0 Å². The number of methoxy groups -OCH3 is 1. The van der Waals surface area contributed by atoms with Gasteiger partial charge in [-0.05, 0) is 50.6 Å². The second kappa shape index (κ2) is 11.9. The highest BCUT2D eigenvalue weighted by atomic mass is 32.1. The molecule has 12 heteroatoms. The van der Waals surface area contributed by atoms with E-state index in [4.69, 9.17) is 9.72 Å². The number of likely N-dealkylation sites (N-methyl/N-ethyl adjacent to an activating group) is 1. The maximum Gasteiger partial charge on any atom is 0.328 e. The van der Waals surface area contributed by atoms with Crippen LogP contribution in [0.5, 0.6) is 5.88 Å². The van der Waals surface area contributed by atoms with Gasteiger partial charge < -0.3 is 15.0 Å². The van der Waals surface area contributed by atoms with E-state index in [0.717, 1.165) is 35.4 Å². The molecule has 0 saturated carbocycles. The summed E-state index contributed by atoms with van der Waals surface area (Å²) < 4.78 is 5.59. The molecule has 0 unspecified atom stereocenters. The first-order valence-corrected chi connectivity index (χ1v) is 14.0. The van der Waals surface area contributed by atoms with Gasteiger partial charge in [-0.3, -0.25) is 19.9 Å². The highest BCUT2D eigenvalue weighted by Crippen LogP contribution is 2.32. The number of nitriles is 1. The summed E-state index contributed by atoms with van der Waals surface area (Å²) in [5, 5.41) is 15.7. The van der Waals surface area contributed by atoms with Gasteiger partial charge in [-0.1, -0.05) is 0 Å². The fourth-order valence-corrected chi connectivity index (χ4v) is 5.74. The van der Waals surface area contributed by atoms with E-state index in [1.165, 1.54) is 11.1 Å². The Balaban J connectivity index is 1.32. The molecule has 1 saturated heterocycles. The van der Waals surface area contributed by atoms with Crippen LogP contribution in [0, 0.1) is 18.3 Å². The summed E-state index contributed by atoms with van der Waals surface area (Å²) in [5.41, 5.74) is 2.75. The smallest absolute Gasteiger partial charge is 0.328 e. The van der Waals surface area contributed by atoms with E-state index in [1.807, 2.05) is 35.9 Å². The fraction of sp³-hybridized carbons (Fsp3) is 0.393. The van der Waals surface area contributed by atoms with Crippen molar-refractivity contribution in [2.75, 3.05) is 55.9 Å². The summed E-state index contributed by atoms with van der Waals surface area (Å²) >= 11 is 1.69. The molecular weight excluding hydrogens is 528 g/mol. The zero-order valence-electron chi connectivity index (χ0n) is 22.9. The van der Waals surface area contributed by atoms with E-state index in [9.17, 15) is 14.9 Å². The fourth-order valence-electron chi connectivity index (χ4n) is 4.91. The van der Waals surface area contributed by atoms with Gasteiger partial charge in [0.2, 0.25) is 11.8 Å². The summed E-state index contributed by atoms with van der Waals surface area (Å²) in [6, 6.07) is 9.56. The number of hydrogen-bond donors (Lipinski definition) is 2. The maximum absolute atomic E-state index is 13.4. The topological polar surface area (TPSA) is 127 Å². The molecule has 5 rings (SSSR count). The molecule has 0 aliphatic carbocycles. The van der Waals surface area contributed by atoms with Crippen LogP contribution in [-0.2, 0) is 24.3 Å². The van der Waals surface area contributed by atoms with Crippen LogP contribution in [0.4, 0.5) is 22.1 Å². The van der Waals surface area contributed by atoms with Crippen LogP contribution in [0.2, 0.25) is 0 Å². The number of carbonyl (C=O) groups is 2. The number of thiophene rings is 1. The molecule has 3 aromatic rings. The number of nitrogens with zero attached hydrogens (tertiary/aromatic N) is 6. The van der Waals surface area contributed by atoms with Crippen molar-refractivity contribution in [1.82, 2.24) is 19.8 Å². The third-order valence-corrected chi connectivity index (χ3v) is 8.02. The standard InChI is InChI=1S/C28H32N8O3S/c1-18-6-7-22(40-18)15-30-23-12-24(31-14-21(23)13-29)32-28(38)36-8-4-5-19-11-20(27(39-3)33-26(19)36)16-35-10-9-34(2)17-25(35)37/h6-7,11-12,14H,4-5,8-10,15-17H2,1-3H3,(H2,30,31,32,38). The zero-order valence-corrected chi connectivity index (χ0v) is 23.7. The number of amides is 3. The predicted octanol–water partition coefficient (Wildman–Crippen LogP) is 3.60. The molecule has 0 bridgehead atoms. The number of aryl methyl sites for hydroxylation is 2. The Hall–Kier alpha value is -4.21. The van der Waals surface area contributed by atoms with E-state index in [1.54, 1.807) is 29.4 Å². The minimum absolute atomic E-state index is 0.0730. The lowest BCUT2D eigenvalue weighted by molar-refractivity contribution is -0.136. The molecule has 3 aromatic heterocycles. The van der Waals surface area contributed by atoms with Crippen LogP contribution < -0.4 is 20.3 Å². The average Bonchev–Trinajstić information content (AvgIpc) is 3.37. The lowest BCUT2D eigenvalue weighted by Crippen LogP contribution is -2.48. The monoisotopic (exact) mass is 560 g/mol. The van der Waals surface area contributed by atoms with Gasteiger partial charge in [0.05, 0.1) is 31.5 Å². The molecule has 208 valence electrons. The Morgan fingerprint density at radius 3 is 2.83 bits per heavy atom. The number of hydrogen-bond acceptors (Lipinski definition) is 9. The van der Waals surface area contributed by atoms with Crippen LogP contribution >= 0.6 is 11.3 Å². The predicted molar refractivity (Wildman–Crippen MR) is 154 cm³/mol. The van der Waals surface area contributed by atoms with Crippen LogP contribution in [0.1, 0.15) is 32.9 Å². The van der Waals surface area contributed by atoms with Crippen LogP contribution in [-0.4, -0.2) is 72.0 Å². The first kappa shape index (κ1) is 27.4. The molecule has 11 nitrogen and oxygen atoms in total. The first-order valence-electron chi connectivity index (χ1n) is 13.2. The summed E-state index contributed by atoms with van der Waals surface area (Å²) in [6.45, 7) is 5.37. The Bertz CT molecular complexity index is 1470. The van der Waals surface area contributed by atoms with Crippen LogP contribution in [0.25, 0.3) is 0 Å². The van der Waals surface area contributed by atoms with Crippen molar-refractivity contribution < 1.29 is 14.3 Å². The number of aromatic nitrogens is 2. The molecular formula is C28H32N8O3S. The van der Waals surface area contributed by atoms with E-state index >= 15 is 0 Å². The number of urea groups is 1. The van der Waals surface area contributed by atoms with Gasteiger partial charge in [-0.15, -0.1) is 11.3 Å². The van der Waals surface area contributed by atoms with E-state index in [0.29, 0.717) is 61.5 Å². The molecule has 40 heavy (non-hydrogen) atoms. The van der Waals surface area contributed by atoms with Gasteiger partial charge >= 0.3 is 6.03 Å². The van der Waals surface area contributed by atoms with Gasteiger partial charge in [0.25, 0.3) is 0 Å². The highest BCUT2D eigenvalue weighted by Gasteiger charge is 2.28. The largest absolute Gasteiger partial charge is 0.481 e. The normalized spacial score (nSPS) is 15.4. The van der Waals surface area contributed by atoms with Gasteiger partial charge in [0, 0.05) is 53.8 Å². The third kappa shape index (κ3) is 6.00. The number of pyridine rings is 2. The van der Waals surface area contributed by atoms with Crippen LogP contribution in [0.3, 0.4) is 0 Å². The minimum Gasteiger partial charge on any atom is -0.481 e. The van der Waals surface area contributed by atoms with Gasteiger partial charge in [-0.25, -0.2) is 9.78 Å². The first-order chi connectivity index (χ1) is 19.3. The molecule has 2 aliphatic rings. The summed E-state index contributed by atoms with van der Waals surface area (Å²) in [4.78, 5) is 42.7. The van der Waals surface area contributed by atoms with E-state index in [-0.39, 0.29) is 11.9 Å². The average molecular weight is 561 g/mol. The number of anilines is 3. The molecule has 1 fully saturated rings. The highest BCUT2D eigenvalue weighted by molar-refractivity contribution is 7.11. The van der Waals surface area contributed by atoms with Crippen molar-refractivity contribution in [3.05, 3.63) is 56.9 Å². The van der Waals surface area contributed by atoms with Crippen molar-refractivity contribution >= 4 is 40.6 Å². The number of piperazine rings is 1. The zero-order chi connectivity index (χ0) is 28.2. The Kier molecular flexibility index (Phi) is 8.14. The van der Waals surface area contributed by atoms with Gasteiger partial charge in [0.1, 0.15) is 17.7 Å². The quantitative estimate of drug-likeness (QED) is 0.449.